The van der Waals surface area contributed by atoms with Crippen LogP contribution in [-0.2, 0) is 0 Å². The van der Waals surface area contributed by atoms with Crippen LogP contribution in [0.15, 0.2) is 0 Å². The first kappa shape index (κ1) is 12.0. The fraction of sp³-hybridized carbons (Fsp3) is 1.00. The van der Waals surface area contributed by atoms with Crippen molar-refractivity contribution in [2.45, 2.75) is 46.5 Å². The van der Waals surface area contributed by atoms with Gasteiger partial charge in [0.15, 0.2) is 0 Å². The summed E-state index contributed by atoms with van der Waals surface area (Å²) in [5, 5.41) is 0. The van der Waals surface area contributed by atoms with Crippen LogP contribution in [0.25, 0.3) is 0 Å². The molecular formula is C13H27N. The van der Waals surface area contributed by atoms with Crippen LogP contribution in [-0.4, -0.2) is 25.0 Å². The number of hydrogen-bond acceptors (Lipinski definition) is 1. The molecule has 0 N–H and O–H groups in total. The Bertz CT molecular complexity index is 151. The second-order valence-corrected chi connectivity index (χ2v) is 5.24. The predicted octanol–water partition coefficient (Wildman–Crippen LogP) is 3.40. The van der Waals surface area contributed by atoms with E-state index >= 15 is 0 Å². The van der Waals surface area contributed by atoms with Gasteiger partial charge in [-0.3, -0.25) is 0 Å². The molecule has 84 valence electrons. The van der Waals surface area contributed by atoms with E-state index in [1.165, 1.54) is 38.8 Å². The highest BCUT2D eigenvalue weighted by Gasteiger charge is 2.24. The first-order chi connectivity index (χ1) is 6.67. The van der Waals surface area contributed by atoms with E-state index in [1.807, 2.05) is 0 Å². The molecule has 0 aromatic carbocycles. The van der Waals surface area contributed by atoms with Gasteiger partial charge in [-0.25, -0.2) is 0 Å². The second-order valence-electron chi connectivity index (χ2n) is 5.24. The highest BCUT2D eigenvalue weighted by molar-refractivity contribution is 4.76. The molecule has 1 heterocycles. The Morgan fingerprint density at radius 3 is 2.36 bits per heavy atom. The van der Waals surface area contributed by atoms with Crippen LogP contribution in [0.5, 0.6) is 0 Å². The van der Waals surface area contributed by atoms with E-state index in [9.17, 15) is 0 Å². The van der Waals surface area contributed by atoms with E-state index in [-0.39, 0.29) is 0 Å². The monoisotopic (exact) mass is 197 g/mol. The molecule has 2 atom stereocenters. The fourth-order valence-electron chi connectivity index (χ4n) is 3.03. The topological polar surface area (TPSA) is 3.24 Å². The summed E-state index contributed by atoms with van der Waals surface area (Å²) in [6.07, 6.45) is 5.62. The lowest BCUT2D eigenvalue weighted by Gasteiger charge is -2.26. The summed E-state index contributed by atoms with van der Waals surface area (Å²) in [4.78, 5) is 2.54. The van der Waals surface area contributed by atoms with Crippen LogP contribution in [0.2, 0.25) is 0 Å². The molecule has 14 heavy (non-hydrogen) atoms. The fourth-order valence-corrected chi connectivity index (χ4v) is 3.03. The summed E-state index contributed by atoms with van der Waals surface area (Å²) in [6, 6.07) is 0. The number of likely N-dealkylation sites (tertiary alicyclic amines) is 1. The molecule has 0 aromatic heterocycles. The van der Waals surface area contributed by atoms with Crippen molar-refractivity contribution in [1.82, 2.24) is 4.90 Å². The van der Waals surface area contributed by atoms with Crippen molar-refractivity contribution in [3.8, 4) is 0 Å². The normalized spacial score (nSPS) is 30.6. The van der Waals surface area contributed by atoms with Crippen LogP contribution in [0.3, 0.4) is 0 Å². The molecule has 1 rings (SSSR count). The summed E-state index contributed by atoms with van der Waals surface area (Å²) in [5.41, 5.74) is 0. The zero-order valence-corrected chi connectivity index (χ0v) is 10.4. The van der Waals surface area contributed by atoms with Crippen LogP contribution in [0.1, 0.15) is 46.5 Å². The minimum Gasteiger partial charge on any atom is -0.306 e. The molecule has 1 nitrogen and oxygen atoms in total. The molecule has 1 saturated heterocycles. The molecule has 0 spiro atoms. The summed E-state index contributed by atoms with van der Waals surface area (Å²) >= 11 is 0. The van der Waals surface area contributed by atoms with E-state index < -0.39 is 0 Å². The molecule has 0 radical (unpaired) electrons. The highest BCUT2D eigenvalue weighted by Crippen LogP contribution is 2.29. The Hall–Kier alpha value is -0.0400. The SMILES string of the molecule is CCC(CC)C1CCC(C)CN(C)C1. The molecular weight excluding hydrogens is 170 g/mol. The first-order valence-electron chi connectivity index (χ1n) is 6.35. The molecule has 1 heteroatoms. The molecule has 0 aliphatic carbocycles. The summed E-state index contributed by atoms with van der Waals surface area (Å²) in [6.45, 7) is 9.73. The lowest BCUT2D eigenvalue weighted by molar-refractivity contribution is 0.221. The zero-order chi connectivity index (χ0) is 10.6. The van der Waals surface area contributed by atoms with Gasteiger partial charge in [-0.1, -0.05) is 33.6 Å². The van der Waals surface area contributed by atoms with Crippen molar-refractivity contribution in [2.24, 2.45) is 17.8 Å². The smallest absolute Gasteiger partial charge is 0.000937 e. The maximum Gasteiger partial charge on any atom is 0.000937 e. The maximum absolute atomic E-state index is 2.54. The maximum atomic E-state index is 2.54. The van der Waals surface area contributed by atoms with Crippen molar-refractivity contribution in [2.75, 3.05) is 20.1 Å². The Kier molecular flexibility index (Phi) is 4.94. The van der Waals surface area contributed by atoms with E-state index in [4.69, 9.17) is 0 Å². The Morgan fingerprint density at radius 1 is 1.14 bits per heavy atom. The largest absolute Gasteiger partial charge is 0.306 e. The van der Waals surface area contributed by atoms with Crippen molar-refractivity contribution >= 4 is 0 Å². The summed E-state index contributed by atoms with van der Waals surface area (Å²) < 4.78 is 0. The van der Waals surface area contributed by atoms with Gasteiger partial charge in [0.2, 0.25) is 0 Å². The van der Waals surface area contributed by atoms with Gasteiger partial charge in [-0.05, 0) is 37.6 Å². The molecule has 2 unspecified atom stereocenters. The molecule has 0 saturated carbocycles. The third-order valence-corrected chi connectivity index (χ3v) is 3.92. The van der Waals surface area contributed by atoms with Crippen molar-refractivity contribution < 1.29 is 0 Å². The third kappa shape index (κ3) is 3.27. The van der Waals surface area contributed by atoms with Gasteiger partial charge in [-0.2, -0.15) is 0 Å². The van der Waals surface area contributed by atoms with Crippen LogP contribution in [0.4, 0.5) is 0 Å². The van der Waals surface area contributed by atoms with E-state index in [0.29, 0.717) is 0 Å². The van der Waals surface area contributed by atoms with Gasteiger partial charge in [0.1, 0.15) is 0 Å². The zero-order valence-electron chi connectivity index (χ0n) is 10.4. The molecule has 1 aliphatic rings. The average Bonchev–Trinajstić information content (AvgIpc) is 2.30. The number of rotatable bonds is 3. The molecule has 1 aliphatic heterocycles. The Balaban J connectivity index is 2.51. The van der Waals surface area contributed by atoms with Crippen LogP contribution in [0, 0.1) is 17.8 Å². The first-order valence-corrected chi connectivity index (χ1v) is 6.35. The third-order valence-electron chi connectivity index (χ3n) is 3.92. The Morgan fingerprint density at radius 2 is 1.79 bits per heavy atom. The number of hydrogen-bond donors (Lipinski definition) is 0. The van der Waals surface area contributed by atoms with Crippen LogP contribution >= 0.6 is 0 Å². The standard InChI is InChI=1S/C13H27N/c1-5-12(6-2)13-8-7-11(3)9-14(4)10-13/h11-13H,5-10H2,1-4H3. The Labute approximate surface area is 89.9 Å². The van der Waals surface area contributed by atoms with Gasteiger partial charge < -0.3 is 4.90 Å². The van der Waals surface area contributed by atoms with Gasteiger partial charge in [-0.15, -0.1) is 0 Å². The van der Waals surface area contributed by atoms with Gasteiger partial charge in [0.25, 0.3) is 0 Å². The minimum atomic E-state index is 0.902. The minimum absolute atomic E-state index is 0.902. The van der Waals surface area contributed by atoms with Crippen molar-refractivity contribution in [3.63, 3.8) is 0 Å². The molecule has 1 fully saturated rings. The second kappa shape index (κ2) is 5.75. The van der Waals surface area contributed by atoms with Gasteiger partial charge >= 0.3 is 0 Å². The molecule has 0 amide bonds. The molecule has 0 bridgehead atoms. The molecule has 0 aromatic rings. The van der Waals surface area contributed by atoms with E-state index in [2.05, 4.69) is 32.7 Å². The van der Waals surface area contributed by atoms with Crippen molar-refractivity contribution in [3.05, 3.63) is 0 Å². The van der Waals surface area contributed by atoms with E-state index in [1.54, 1.807) is 0 Å². The van der Waals surface area contributed by atoms with Gasteiger partial charge in [0.05, 0.1) is 0 Å². The summed E-state index contributed by atoms with van der Waals surface area (Å²) in [7, 11) is 2.29. The highest BCUT2D eigenvalue weighted by atomic mass is 15.1. The average molecular weight is 197 g/mol. The predicted molar refractivity (Wildman–Crippen MR) is 63.5 cm³/mol. The van der Waals surface area contributed by atoms with Crippen molar-refractivity contribution in [1.29, 1.82) is 0 Å². The van der Waals surface area contributed by atoms with Crippen LogP contribution < -0.4 is 0 Å². The quantitative estimate of drug-likeness (QED) is 0.670. The lowest BCUT2D eigenvalue weighted by atomic mass is 9.84. The summed E-state index contributed by atoms with van der Waals surface area (Å²) in [5.74, 6) is 2.82. The number of nitrogens with zero attached hydrogens (tertiary/aromatic N) is 1. The van der Waals surface area contributed by atoms with Gasteiger partial charge in [0, 0.05) is 13.1 Å². The lowest BCUT2D eigenvalue weighted by Crippen LogP contribution is -2.29. The van der Waals surface area contributed by atoms with E-state index in [0.717, 1.165) is 17.8 Å².